The van der Waals surface area contributed by atoms with Crippen molar-refractivity contribution in [3.63, 3.8) is 0 Å². The Morgan fingerprint density at radius 2 is 0.909 bits per heavy atom. The van der Waals surface area contributed by atoms with Gasteiger partial charge in [0, 0.05) is 11.4 Å². The predicted octanol–water partition coefficient (Wildman–Crippen LogP) is 4.83. The first kappa shape index (κ1) is 13.2. The maximum Gasteiger partial charge on any atom is 0.253 e. The quantitative estimate of drug-likeness (QED) is 0.626. The Morgan fingerprint density at radius 1 is 0.545 bits per heavy atom. The molecule has 0 atom stereocenters. The number of fused-ring (bicyclic) bond motifs is 1. The van der Waals surface area contributed by atoms with Crippen molar-refractivity contribution in [2.75, 3.05) is 9.13 Å². The van der Waals surface area contributed by atoms with Gasteiger partial charge in [0.2, 0.25) is 0 Å². The molecular formula is C19H18N2Si. The van der Waals surface area contributed by atoms with Crippen LogP contribution in [-0.2, 0) is 0 Å². The van der Waals surface area contributed by atoms with E-state index in [0.717, 1.165) is 0 Å². The summed E-state index contributed by atoms with van der Waals surface area (Å²) in [5.41, 5.74) is 5.20. The lowest BCUT2D eigenvalue weighted by atomic mass is 10.2. The van der Waals surface area contributed by atoms with E-state index in [1.54, 1.807) is 0 Å². The number of rotatable bonds is 2. The summed E-state index contributed by atoms with van der Waals surface area (Å²) in [6.07, 6.45) is 0. The van der Waals surface area contributed by atoms with E-state index in [4.69, 9.17) is 0 Å². The molecule has 0 spiro atoms. The van der Waals surface area contributed by atoms with Gasteiger partial charge in [0.1, 0.15) is 0 Å². The van der Waals surface area contributed by atoms with Gasteiger partial charge < -0.3 is 9.13 Å². The fourth-order valence-electron chi connectivity index (χ4n) is 3.28. The van der Waals surface area contributed by atoms with E-state index in [-0.39, 0.29) is 0 Å². The van der Waals surface area contributed by atoms with Crippen LogP contribution in [0.25, 0.3) is 0 Å². The monoisotopic (exact) mass is 302 g/mol. The Morgan fingerprint density at radius 3 is 1.32 bits per heavy atom. The molecule has 0 N–H and O–H groups in total. The van der Waals surface area contributed by atoms with Gasteiger partial charge in [-0.1, -0.05) is 48.5 Å². The van der Waals surface area contributed by atoms with Crippen LogP contribution in [0.3, 0.4) is 0 Å². The van der Waals surface area contributed by atoms with Gasteiger partial charge in [-0.25, -0.2) is 0 Å². The Bertz CT molecular complexity index is 707. The maximum absolute atomic E-state index is 2.53. The SMILES string of the molecule is C[SiH]1N(c2ccccc2)c2ccccc2N1c1ccccc1. The van der Waals surface area contributed by atoms with Gasteiger partial charge in [0.15, 0.2) is 0 Å². The number of benzene rings is 3. The zero-order chi connectivity index (χ0) is 14.9. The van der Waals surface area contributed by atoms with Crippen LogP contribution in [0.4, 0.5) is 22.7 Å². The first-order chi connectivity index (χ1) is 10.9. The third-order valence-electron chi connectivity index (χ3n) is 4.22. The summed E-state index contributed by atoms with van der Waals surface area (Å²) >= 11 is 0. The van der Waals surface area contributed by atoms with Crippen molar-refractivity contribution in [2.24, 2.45) is 0 Å². The molecule has 0 unspecified atom stereocenters. The summed E-state index contributed by atoms with van der Waals surface area (Å²) in [5, 5.41) is 0. The molecule has 108 valence electrons. The lowest BCUT2D eigenvalue weighted by Gasteiger charge is -2.28. The largest absolute Gasteiger partial charge is 0.351 e. The molecule has 0 fully saturated rings. The first-order valence-electron chi connectivity index (χ1n) is 7.64. The second-order valence-electron chi connectivity index (χ2n) is 5.53. The molecular weight excluding hydrogens is 284 g/mol. The van der Waals surface area contributed by atoms with Crippen molar-refractivity contribution in [1.29, 1.82) is 0 Å². The third-order valence-corrected chi connectivity index (χ3v) is 6.86. The predicted molar refractivity (Wildman–Crippen MR) is 96.6 cm³/mol. The highest BCUT2D eigenvalue weighted by Gasteiger charge is 2.35. The van der Waals surface area contributed by atoms with Crippen molar-refractivity contribution in [3.8, 4) is 0 Å². The standard InChI is InChI=1S/C19H18N2Si/c1-22-20(16-10-4-2-5-11-16)18-14-8-9-15-19(18)21(22)17-12-6-3-7-13-17/h2-15,22H,1H3. The second-order valence-corrected chi connectivity index (χ2v) is 7.83. The van der Waals surface area contributed by atoms with E-state index in [1.807, 2.05) is 0 Å². The Labute approximate surface area is 133 Å². The van der Waals surface area contributed by atoms with Gasteiger partial charge in [-0.2, -0.15) is 0 Å². The van der Waals surface area contributed by atoms with Crippen LogP contribution in [0.2, 0.25) is 6.55 Å². The summed E-state index contributed by atoms with van der Waals surface area (Å²) in [5.74, 6) is 0. The van der Waals surface area contributed by atoms with Crippen LogP contribution in [0.1, 0.15) is 0 Å². The Balaban J connectivity index is 1.87. The molecule has 3 aromatic rings. The van der Waals surface area contributed by atoms with Gasteiger partial charge in [0.25, 0.3) is 9.12 Å². The number of nitrogens with zero attached hydrogens (tertiary/aromatic N) is 2. The van der Waals surface area contributed by atoms with Crippen molar-refractivity contribution in [1.82, 2.24) is 0 Å². The number of hydrogen-bond acceptors (Lipinski definition) is 2. The van der Waals surface area contributed by atoms with E-state index in [0.29, 0.717) is 0 Å². The van der Waals surface area contributed by atoms with Crippen LogP contribution in [0, 0.1) is 0 Å². The lowest BCUT2D eigenvalue weighted by Crippen LogP contribution is -2.40. The highest BCUT2D eigenvalue weighted by molar-refractivity contribution is 6.72. The van der Waals surface area contributed by atoms with Gasteiger partial charge in [0.05, 0.1) is 11.4 Å². The number of anilines is 4. The average molecular weight is 302 g/mol. The van der Waals surface area contributed by atoms with Crippen LogP contribution >= 0.6 is 0 Å². The molecule has 1 aliphatic heterocycles. The van der Waals surface area contributed by atoms with Crippen LogP contribution < -0.4 is 9.13 Å². The molecule has 0 radical (unpaired) electrons. The van der Waals surface area contributed by atoms with Crippen molar-refractivity contribution in [2.45, 2.75) is 6.55 Å². The molecule has 2 nitrogen and oxygen atoms in total. The van der Waals surface area contributed by atoms with Gasteiger partial charge >= 0.3 is 0 Å². The van der Waals surface area contributed by atoms with E-state index in [1.165, 1.54) is 22.7 Å². The maximum atomic E-state index is 2.53. The highest BCUT2D eigenvalue weighted by atomic mass is 28.3. The van der Waals surface area contributed by atoms with E-state index in [2.05, 4.69) is 101 Å². The Hall–Kier alpha value is -2.52. The minimum atomic E-state index is -1.35. The molecule has 22 heavy (non-hydrogen) atoms. The van der Waals surface area contributed by atoms with Gasteiger partial charge in [-0.05, 0) is 42.9 Å². The van der Waals surface area contributed by atoms with E-state index in [9.17, 15) is 0 Å². The minimum Gasteiger partial charge on any atom is -0.351 e. The fourth-order valence-corrected chi connectivity index (χ4v) is 5.96. The average Bonchev–Trinajstić information content (AvgIpc) is 2.88. The zero-order valence-corrected chi connectivity index (χ0v) is 13.7. The lowest BCUT2D eigenvalue weighted by molar-refractivity contribution is 1.38. The van der Waals surface area contributed by atoms with Crippen molar-refractivity contribution < 1.29 is 0 Å². The smallest absolute Gasteiger partial charge is 0.253 e. The van der Waals surface area contributed by atoms with Gasteiger partial charge in [-0.3, -0.25) is 0 Å². The molecule has 0 aromatic heterocycles. The Kier molecular flexibility index (Phi) is 3.20. The molecule has 3 heteroatoms. The van der Waals surface area contributed by atoms with Crippen molar-refractivity contribution >= 4 is 31.9 Å². The molecule has 1 heterocycles. The van der Waals surface area contributed by atoms with Crippen LogP contribution in [-0.4, -0.2) is 9.12 Å². The summed E-state index contributed by atoms with van der Waals surface area (Å²) in [6, 6.07) is 30.1. The minimum absolute atomic E-state index is 1.28. The van der Waals surface area contributed by atoms with E-state index >= 15 is 0 Å². The third kappa shape index (κ3) is 2.02. The number of para-hydroxylation sites is 4. The summed E-state index contributed by atoms with van der Waals surface area (Å²) in [6.45, 7) is 2.39. The summed E-state index contributed by atoms with van der Waals surface area (Å²) < 4.78 is 5.06. The molecule has 1 aliphatic rings. The molecule has 4 rings (SSSR count). The van der Waals surface area contributed by atoms with Crippen LogP contribution in [0.15, 0.2) is 84.9 Å². The molecule has 0 amide bonds. The molecule has 0 aliphatic carbocycles. The summed E-state index contributed by atoms with van der Waals surface area (Å²) in [7, 11) is -1.35. The topological polar surface area (TPSA) is 6.48 Å². The highest BCUT2D eigenvalue weighted by Crippen LogP contribution is 2.45. The molecule has 0 saturated carbocycles. The summed E-state index contributed by atoms with van der Waals surface area (Å²) in [4.78, 5) is 0. The van der Waals surface area contributed by atoms with E-state index < -0.39 is 9.12 Å². The fraction of sp³-hybridized carbons (Fsp3) is 0.0526. The second kappa shape index (κ2) is 5.35. The van der Waals surface area contributed by atoms with Crippen LogP contribution in [0.5, 0.6) is 0 Å². The first-order valence-corrected chi connectivity index (χ1v) is 9.82. The van der Waals surface area contributed by atoms with Gasteiger partial charge in [-0.15, -0.1) is 0 Å². The van der Waals surface area contributed by atoms with Crippen molar-refractivity contribution in [3.05, 3.63) is 84.9 Å². The molecule has 3 aromatic carbocycles. The molecule has 0 saturated heterocycles. The number of hydrogen-bond donors (Lipinski definition) is 0. The normalized spacial score (nSPS) is 14.2. The molecule has 0 bridgehead atoms. The zero-order valence-electron chi connectivity index (χ0n) is 12.6.